The number of hydrogen-bond acceptors (Lipinski definition) is 5. The van der Waals surface area contributed by atoms with Crippen molar-refractivity contribution in [2.45, 2.75) is 26.3 Å². The number of methoxy groups -OCH3 is 1. The van der Waals surface area contributed by atoms with Gasteiger partial charge in [-0.25, -0.2) is 0 Å². The zero-order valence-corrected chi connectivity index (χ0v) is 18.7. The first-order valence-corrected chi connectivity index (χ1v) is 10.9. The Labute approximate surface area is 183 Å². The number of unbranched alkanes of at least 4 members (excludes halogenated alkanes) is 1. The van der Waals surface area contributed by atoms with Gasteiger partial charge in [-0.3, -0.25) is 14.5 Å². The third kappa shape index (κ3) is 5.42. The summed E-state index contributed by atoms with van der Waals surface area (Å²) in [5.74, 6) is 0.978. The zero-order valence-electron chi connectivity index (χ0n) is 16.3. The lowest BCUT2D eigenvalue weighted by Gasteiger charge is -2.12. The SMILES string of the molecule is CCCCOc1ccc(/C=C2\SC(=O)N(Cc3cccc(Br)c3)C2=O)cc1OC. The van der Waals surface area contributed by atoms with E-state index in [0.29, 0.717) is 23.0 Å². The van der Waals surface area contributed by atoms with E-state index in [-0.39, 0.29) is 17.7 Å². The third-order valence-electron chi connectivity index (χ3n) is 4.34. The van der Waals surface area contributed by atoms with Crippen molar-refractivity contribution in [1.29, 1.82) is 0 Å². The number of ether oxygens (including phenoxy) is 2. The average Bonchev–Trinajstić information content (AvgIpc) is 2.96. The minimum atomic E-state index is -0.290. The molecule has 0 spiro atoms. The molecule has 5 nitrogen and oxygen atoms in total. The third-order valence-corrected chi connectivity index (χ3v) is 5.74. The van der Waals surface area contributed by atoms with Crippen molar-refractivity contribution >= 4 is 44.9 Å². The van der Waals surface area contributed by atoms with Crippen LogP contribution in [0.4, 0.5) is 4.79 Å². The zero-order chi connectivity index (χ0) is 20.8. The maximum atomic E-state index is 12.8. The Morgan fingerprint density at radius 3 is 2.69 bits per heavy atom. The van der Waals surface area contributed by atoms with Crippen LogP contribution in [0.3, 0.4) is 0 Å². The van der Waals surface area contributed by atoms with Crippen LogP contribution in [-0.2, 0) is 11.3 Å². The van der Waals surface area contributed by atoms with Crippen molar-refractivity contribution < 1.29 is 19.1 Å². The van der Waals surface area contributed by atoms with Crippen LogP contribution < -0.4 is 9.47 Å². The van der Waals surface area contributed by atoms with Gasteiger partial charge >= 0.3 is 0 Å². The fourth-order valence-electron chi connectivity index (χ4n) is 2.83. The summed E-state index contributed by atoms with van der Waals surface area (Å²) in [5, 5.41) is -0.271. The summed E-state index contributed by atoms with van der Waals surface area (Å²) in [5.41, 5.74) is 1.66. The molecule has 2 aromatic rings. The van der Waals surface area contributed by atoms with Gasteiger partial charge in [0.05, 0.1) is 25.2 Å². The van der Waals surface area contributed by atoms with E-state index < -0.39 is 0 Å². The van der Waals surface area contributed by atoms with Gasteiger partial charge < -0.3 is 9.47 Å². The molecule has 29 heavy (non-hydrogen) atoms. The second-order valence-electron chi connectivity index (χ2n) is 6.51. The molecule has 0 N–H and O–H groups in total. The molecular formula is C22H22BrNO4S. The highest BCUT2D eigenvalue weighted by molar-refractivity contribution is 9.10. The summed E-state index contributed by atoms with van der Waals surface area (Å²) < 4.78 is 12.1. The normalized spacial score (nSPS) is 15.3. The second kappa shape index (κ2) is 9.98. The predicted octanol–water partition coefficient (Wildman–Crippen LogP) is 5.87. The average molecular weight is 476 g/mol. The van der Waals surface area contributed by atoms with Crippen molar-refractivity contribution in [3.05, 3.63) is 63.0 Å². The molecule has 0 unspecified atom stereocenters. The number of amides is 2. The van der Waals surface area contributed by atoms with E-state index in [4.69, 9.17) is 9.47 Å². The molecular weight excluding hydrogens is 454 g/mol. The molecule has 1 aliphatic heterocycles. The maximum Gasteiger partial charge on any atom is 0.293 e. The Hall–Kier alpha value is -2.25. The first kappa shape index (κ1) is 21.5. The molecule has 2 aromatic carbocycles. The van der Waals surface area contributed by atoms with Crippen LogP contribution in [0.25, 0.3) is 6.08 Å². The van der Waals surface area contributed by atoms with E-state index in [2.05, 4.69) is 22.9 Å². The van der Waals surface area contributed by atoms with Gasteiger partial charge in [0.2, 0.25) is 0 Å². The molecule has 0 aliphatic carbocycles. The Morgan fingerprint density at radius 1 is 1.14 bits per heavy atom. The topological polar surface area (TPSA) is 55.8 Å². The number of nitrogens with zero attached hydrogens (tertiary/aromatic N) is 1. The number of carbonyl (C=O) groups excluding carboxylic acids is 2. The van der Waals surface area contributed by atoms with Gasteiger partial charge in [-0.1, -0.05) is 47.5 Å². The van der Waals surface area contributed by atoms with Crippen LogP contribution in [0.1, 0.15) is 30.9 Å². The van der Waals surface area contributed by atoms with Gasteiger partial charge in [0.1, 0.15) is 0 Å². The van der Waals surface area contributed by atoms with Crippen molar-refractivity contribution in [3.63, 3.8) is 0 Å². The second-order valence-corrected chi connectivity index (χ2v) is 8.42. The van der Waals surface area contributed by atoms with Crippen LogP contribution in [-0.4, -0.2) is 29.8 Å². The summed E-state index contributed by atoms with van der Waals surface area (Å²) in [6.07, 6.45) is 3.73. The highest BCUT2D eigenvalue weighted by Gasteiger charge is 2.35. The molecule has 0 aromatic heterocycles. The van der Waals surface area contributed by atoms with E-state index >= 15 is 0 Å². The number of carbonyl (C=O) groups is 2. The van der Waals surface area contributed by atoms with Crippen molar-refractivity contribution in [3.8, 4) is 11.5 Å². The Balaban J connectivity index is 1.76. The van der Waals surface area contributed by atoms with Gasteiger partial charge in [0.25, 0.3) is 11.1 Å². The Kier molecular flexibility index (Phi) is 7.39. The number of thioether (sulfide) groups is 1. The molecule has 2 amide bonds. The monoisotopic (exact) mass is 475 g/mol. The van der Waals surface area contributed by atoms with Gasteiger partial charge in [0.15, 0.2) is 11.5 Å². The number of imide groups is 1. The molecule has 0 atom stereocenters. The molecule has 1 heterocycles. The minimum absolute atomic E-state index is 0.245. The summed E-state index contributed by atoms with van der Waals surface area (Å²) in [6.45, 7) is 2.98. The highest BCUT2D eigenvalue weighted by Crippen LogP contribution is 2.35. The van der Waals surface area contributed by atoms with E-state index in [1.807, 2.05) is 42.5 Å². The predicted molar refractivity (Wildman–Crippen MR) is 119 cm³/mol. The van der Waals surface area contributed by atoms with Crippen molar-refractivity contribution in [2.24, 2.45) is 0 Å². The summed E-state index contributed by atoms with van der Waals surface area (Å²) in [4.78, 5) is 26.8. The smallest absolute Gasteiger partial charge is 0.293 e. The minimum Gasteiger partial charge on any atom is -0.493 e. The molecule has 7 heteroatoms. The highest BCUT2D eigenvalue weighted by atomic mass is 79.9. The van der Waals surface area contributed by atoms with Crippen molar-refractivity contribution in [2.75, 3.05) is 13.7 Å². The van der Waals surface area contributed by atoms with E-state index in [0.717, 1.165) is 40.2 Å². The molecule has 0 radical (unpaired) electrons. The Morgan fingerprint density at radius 2 is 1.97 bits per heavy atom. The van der Waals surface area contributed by atoms with Gasteiger partial charge in [-0.05, 0) is 59.7 Å². The Bertz CT molecular complexity index is 944. The standard InChI is InChI=1S/C22H22BrNO4S/c1-3-4-10-28-18-9-8-15(12-19(18)27-2)13-20-21(25)24(22(26)29-20)14-16-6-5-7-17(23)11-16/h5-9,11-13H,3-4,10,14H2,1-2H3/b20-13-. The maximum absolute atomic E-state index is 12.8. The molecule has 0 saturated carbocycles. The van der Waals surface area contributed by atoms with Crippen LogP contribution in [0, 0.1) is 0 Å². The van der Waals surface area contributed by atoms with Crippen LogP contribution in [0.5, 0.6) is 11.5 Å². The van der Waals surface area contributed by atoms with Gasteiger partial charge in [-0.15, -0.1) is 0 Å². The fourth-order valence-corrected chi connectivity index (χ4v) is 4.11. The van der Waals surface area contributed by atoms with Gasteiger partial charge in [-0.2, -0.15) is 0 Å². The molecule has 1 saturated heterocycles. The molecule has 0 bridgehead atoms. The molecule has 1 aliphatic rings. The lowest BCUT2D eigenvalue weighted by atomic mass is 10.1. The number of hydrogen-bond donors (Lipinski definition) is 0. The molecule has 3 rings (SSSR count). The van der Waals surface area contributed by atoms with Crippen LogP contribution in [0.15, 0.2) is 51.8 Å². The lowest BCUT2D eigenvalue weighted by Crippen LogP contribution is -2.27. The number of benzene rings is 2. The van der Waals surface area contributed by atoms with E-state index in [9.17, 15) is 9.59 Å². The van der Waals surface area contributed by atoms with Gasteiger partial charge in [0, 0.05) is 4.47 Å². The first-order chi connectivity index (χ1) is 14.0. The van der Waals surface area contributed by atoms with Crippen LogP contribution in [0.2, 0.25) is 0 Å². The first-order valence-electron chi connectivity index (χ1n) is 9.32. The summed E-state index contributed by atoms with van der Waals surface area (Å²) in [6, 6.07) is 13.1. The number of rotatable bonds is 8. The molecule has 152 valence electrons. The lowest BCUT2D eigenvalue weighted by molar-refractivity contribution is -0.123. The summed E-state index contributed by atoms with van der Waals surface area (Å²) in [7, 11) is 1.58. The number of halogens is 1. The van der Waals surface area contributed by atoms with Crippen LogP contribution >= 0.6 is 27.7 Å². The fraction of sp³-hybridized carbons (Fsp3) is 0.273. The van der Waals surface area contributed by atoms with E-state index in [1.54, 1.807) is 13.2 Å². The largest absolute Gasteiger partial charge is 0.493 e. The quantitative estimate of drug-likeness (QED) is 0.352. The van der Waals surface area contributed by atoms with Crippen molar-refractivity contribution in [1.82, 2.24) is 4.90 Å². The summed E-state index contributed by atoms with van der Waals surface area (Å²) >= 11 is 4.36. The van der Waals surface area contributed by atoms with E-state index in [1.165, 1.54) is 4.90 Å². The molecule has 1 fully saturated rings.